The number of rotatable bonds is 5. The van der Waals surface area contributed by atoms with Gasteiger partial charge in [0.2, 0.25) is 0 Å². The third-order valence-corrected chi connectivity index (χ3v) is 3.76. The second-order valence-electron chi connectivity index (χ2n) is 5.28. The van der Waals surface area contributed by atoms with E-state index in [0.717, 1.165) is 43.6 Å². The van der Waals surface area contributed by atoms with E-state index in [9.17, 15) is 4.79 Å². The zero-order valence-electron chi connectivity index (χ0n) is 12.0. The lowest BCUT2D eigenvalue weighted by molar-refractivity contribution is 0.0953. The average molecular weight is 284 g/mol. The Kier molecular flexibility index (Phi) is 4.19. The van der Waals surface area contributed by atoms with E-state index in [4.69, 9.17) is 0 Å². The maximum Gasteiger partial charge on any atom is 0.253 e. The number of carbonyl (C=O) groups excluding carboxylic acids is 1. The predicted octanol–water partition coefficient (Wildman–Crippen LogP) is 2.06. The number of benzene rings is 1. The number of nitrogens with one attached hydrogen (secondary N) is 2. The summed E-state index contributed by atoms with van der Waals surface area (Å²) in [6.07, 6.45) is 8.55. The average Bonchev–Trinajstić information content (AvgIpc) is 3.04. The van der Waals surface area contributed by atoms with Crippen LogP contribution in [-0.4, -0.2) is 28.5 Å². The molecule has 0 aliphatic carbocycles. The topological polar surface area (TPSA) is 59.0 Å². The summed E-state index contributed by atoms with van der Waals surface area (Å²) in [5.74, 6) is 0.00637. The summed E-state index contributed by atoms with van der Waals surface area (Å²) in [5, 5.41) is 6.35. The van der Waals surface area contributed by atoms with Gasteiger partial charge < -0.3 is 15.2 Å². The van der Waals surface area contributed by atoms with Crippen molar-refractivity contribution >= 4 is 11.6 Å². The third kappa shape index (κ3) is 3.24. The van der Waals surface area contributed by atoms with Gasteiger partial charge in [-0.05, 0) is 30.9 Å². The summed E-state index contributed by atoms with van der Waals surface area (Å²) in [6.45, 7) is 2.48. The Labute approximate surface area is 124 Å². The molecule has 0 spiro atoms. The van der Waals surface area contributed by atoms with Crippen molar-refractivity contribution in [3.63, 3.8) is 0 Å². The molecule has 1 aliphatic rings. The predicted molar refractivity (Wildman–Crippen MR) is 82.4 cm³/mol. The summed E-state index contributed by atoms with van der Waals surface area (Å²) >= 11 is 0. The highest BCUT2D eigenvalue weighted by molar-refractivity contribution is 6.00. The molecule has 0 radical (unpaired) electrons. The highest BCUT2D eigenvalue weighted by Crippen LogP contribution is 2.25. The molecule has 5 heteroatoms. The van der Waals surface area contributed by atoms with E-state index in [1.54, 1.807) is 12.5 Å². The van der Waals surface area contributed by atoms with Gasteiger partial charge in [0.05, 0.1) is 17.6 Å². The molecule has 0 unspecified atom stereocenters. The Morgan fingerprint density at radius 3 is 3.24 bits per heavy atom. The maximum absolute atomic E-state index is 12.3. The Bertz CT molecular complexity index is 607. The number of aromatic nitrogens is 2. The molecule has 2 heterocycles. The molecule has 3 rings (SSSR count). The lowest BCUT2D eigenvalue weighted by Gasteiger charge is -2.20. The molecule has 1 aromatic heterocycles. The van der Waals surface area contributed by atoms with E-state index in [1.165, 1.54) is 5.56 Å². The number of hydrogen-bond donors (Lipinski definition) is 2. The standard InChI is InChI=1S/C16H20N4O/c21-16(19-8-3-10-20-11-9-17-12-20)14-6-1-4-13-5-2-7-18-15(13)14/h1,4,6,9,11-12,18H,2-3,5,7-8,10H2,(H,19,21). The van der Waals surface area contributed by atoms with Gasteiger partial charge in [-0.1, -0.05) is 12.1 Å². The molecule has 1 aromatic carbocycles. The van der Waals surface area contributed by atoms with Crippen molar-refractivity contribution in [1.29, 1.82) is 0 Å². The van der Waals surface area contributed by atoms with Crippen molar-refractivity contribution < 1.29 is 4.79 Å². The Morgan fingerprint density at radius 2 is 2.38 bits per heavy atom. The zero-order chi connectivity index (χ0) is 14.5. The molecule has 0 saturated carbocycles. The maximum atomic E-state index is 12.3. The van der Waals surface area contributed by atoms with Gasteiger partial charge in [-0.25, -0.2) is 4.98 Å². The normalized spacial score (nSPS) is 13.3. The van der Waals surface area contributed by atoms with E-state index in [-0.39, 0.29) is 5.91 Å². The van der Waals surface area contributed by atoms with Crippen molar-refractivity contribution in [3.05, 3.63) is 48.0 Å². The number of aryl methyl sites for hydroxylation is 2. The number of imidazole rings is 1. The van der Waals surface area contributed by atoms with Crippen molar-refractivity contribution in [2.24, 2.45) is 0 Å². The number of anilines is 1. The van der Waals surface area contributed by atoms with Crippen molar-refractivity contribution in [2.75, 3.05) is 18.4 Å². The van der Waals surface area contributed by atoms with E-state index in [0.29, 0.717) is 6.54 Å². The second-order valence-corrected chi connectivity index (χ2v) is 5.28. The van der Waals surface area contributed by atoms with Crippen LogP contribution in [0.3, 0.4) is 0 Å². The van der Waals surface area contributed by atoms with Crippen LogP contribution in [0.5, 0.6) is 0 Å². The molecule has 2 N–H and O–H groups in total. The van der Waals surface area contributed by atoms with E-state index >= 15 is 0 Å². The van der Waals surface area contributed by atoms with Gasteiger partial charge in [-0.15, -0.1) is 0 Å². The van der Waals surface area contributed by atoms with Gasteiger partial charge in [0.1, 0.15) is 0 Å². The van der Waals surface area contributed by atoms with Crippen LogP contribution in [0.4, 0.5) is 5.69 Å². The van der Waals surface area contributed by atoms with Crippen molar-refractivity contribution in [3.8, 4) is 0 Å². The monoisotopic (exact) mass is 284 g/mol. The fourth-order valence-electron chi connectivity index (χ4n) is 2.68. The van der Waals surface area contributed by atoms with Crippen LogP contribution < -0.4 is 10.6 Å². The van der Waals surface area contributed by atoms with Gasteiger partial charge in [0, 0.05) is 32.0 Å². The molecule has 0 fully saturated rings. The first-order chi connectivity index (χ1) is 10.3. The molecular formula is C16H20N4O. The fraction of sp³-hybridized carbons (Fsp3) is 0.375. The first-order valence-electron chi connectivity index (χ1n) is 7.44. The molecular weight excluding hydrogens is 264 g/mol. The van der Waals surface area contributed by atoms with Crippen LogP contribution in [-0.2, 0) is 13.0 Å². The van der Waals surface area contributed by atoms with Crippen LogP contribution in [0.2, 0.25) is 0 Å². The molecule has 1 aliphatic heterocycles. The number of nitrogens with zero attached hydrogens (tertiary/aromatic N) is 2. The molecule has 110 valence electrons. The van der Waals surface area contributed by atoms with Gasteiger partial charge in [-0.2, -0.15) is 0 Å². The number of para-hydroxylation sites is 1. The lowest BCUT2D eigenvalue weighted by Crippen LogP contribution is -2.27. The largest absolute Gasteiger partial charge is 0.384 e. The highest BCUT2D eigenvalue weighted by Gasteiger charge is 2.16. The summed E-state index contributed by atoms with van der Waals surface area (Å²) in [7, 11) is 0. The summed E-state index contributed by atoms with van der Waals surface area (Å²) in [4.78, 5) is 16.3. The molecule has 1 amide bonds. The number of hydrogen-bond acceptors (Lipinski definition) is 3. The Hall–Kier alpha value is -2.30. The highest BCUT2D eigenvalue weighted by atomic mass is 16.1. The number of carbonyl (C=O) groups is 1. The molecule has 0 atom stereocenters. The van der Waals surface area contributed by atoms with Gasteiger partial charge >= 0.3 is 0 Å². The fourth-order valence-corrected chi connectivity index (χ4v) is 2.68. The van der Waals surface area contributed by atoms with Crippen LogP contribution in [0, 0.1) is 0 Å². The van der Waals surface area contributed by atoms with Gasteiger partial charge in [0.25, 0.3) is 5.91 Å². The summed E-state index contributed by atoms with van der Waals surface area (Å²) in [5.41, 5.74) is 3.01. The quantitative estimate of drug-likeness (QED) is 0.826. The SMILES string of the molecule is O=C(NCCCn1ccnc1)c1cccc2c1NCCC2. The van der Waals surface area contributed by atoms with E-state index in [2.05, 4.69) is 21.7 Å². The molecule has 0 saturated heterocycles. The second kappa shape index (κ2) is 6.43. The zero-order valence-corrected chi connectivity index (χ0v) is 12.0. The lowest BCUT2D eigenvalue weighted by atomic mass is 9.99. The Morgan fingerprint density at radius 1 is 1.43 bits per heavy atom. The molecule has 21 heavy (non-hydrogen) atoms. The molecule has 2 aromatic rings. The van der Waals surface area contributed by atoms with Crippen LogP contribution >= 0.6 is 0 Å². The number of fused-ring (bicyclic) bond motifs is 1. The smallest absolute Gasteiger partial charge is 0.253 e. The minimum absolute atomic E-state index is 0.00637. The minimum Gasteiger partial charge on any atom is -0.384 e. The van der Waals surface area contributed by atoms with E-state index < -0.39 is 0 Å². The molecule has 0 bridgehead atoms. The van der Waals surface area contributed by atoms with E-state index in [1.807, 2.05) is 22.9 Å². The number of amides is 1. The van der Waals surface area contributed by atoms with Crippen LogP contribution in [0.25, 0.3) is 0 Å². The van der Waals surface area contributed by atoms with Gasteiger partial charge in [0.15, 0.2) is 0 Å². The summed E-state index contributed by atoms with van der Waals surface area (Å²) < 4.78 is 2.01. The van der Waals surface area contributed by atoms with Crippen LogP contribution in [0.15, 0.2) is 36.9 Å². The van der Waals surface area contributed by atoms with Crippen molar-refractivity contribution in [1.82, 2.24) is 14.9 Å². The Balaban J connectivity index is 1.56. The van der Waals surface area contributed by atoms with Crippen LogP contribution in [0.1, 0.15) is 28.8 Å². The minimum atomic E-state index is 0.00637. The first kappa shape index (κ1) is 13.7. The summed E-state index contributed by atoms with van der Waals surface area (Å²) in [6, 6.07) is 5.95. The van der Waals surface area contributed by atoms with Crippen molar-refractivity contribution in [2.45, 2.75) is 25.8 Å². The van der Waals surface area contributed by atoms with Gasteiger partial charge in [-0.3, -0.25) is 4.79 Å². The molecule has 5 nitrogen and oxygen atoms in total. The first-order valence-corrected chi connectivity index (χ1v) is 7.44. The third-order valence-electron chi connectivity index (χ3n) is 3.76.